The Labute approximate surface area is 112 Å². The highest BCUT2D eigenvalue weighted by Gasteiger charge is 2.16. The molecule has 0 spiro atoms. The monoisotopic (exact) mass is 274 g/mol. The summed E-state index contributed by atoms with van der Waals surface area (Å²) in [6, 6.07) is -0.764. The molecule has 1 unspecified atom stereocenters. The molecule has 0 aromatic rings. The number of carboxylic acids is 1. The number of allylic oxidation sites excluding steroid dienone is 1. The molecule has 1 aliphatic rings. The van der Waals surface area contributed by atoms with Gasteiger partial charge in [-0.05, 0) is 37.7 Å². The smallest absolute Gasteiger partial charge is 0.320 e. The third-order valence-electron chi connectivity index (χ3n) is 2.82. The van der Waals surface area contributed by atoms with Crippen molar-refractivity contribution in [2.75, 3.05) is 6.54 Å². The van der Waals surface area contributed by atoms with E-state index in [1.807, 2.05) is 0 Å². The minimum absolute atomic E-state index is 0.482. The van der Waals surface area contributed by atoms with Gasteiger partial charge in [0.1, 0.15) is 6.04 Å². The van der Waals surface area contributed by atoms with Crippen LogP contribution in [0.3, 0.4) is 0 Å². The first-order chi connectivity index (χ1) is 8.02. The van der Waals surface area contributed by atoms with Crippen LogP contribution in [0.1, 0.15) is 32.1 Å². The Balaban J connectivity index is 2.29. The predicted molar refractivity (Wildman–Crippen MR) is 75.3 cm³/mol. The number of thiocarbonyl (C=S) groups is 1. The normalized spacial score (nSPS) is 17.1. The topological polar surface area (TPSA) is 75.3 Å². The second-order valence-corrected chi connectivity index (χ2v) is 5.29. The maximum Gasteiger partial charge on any atom is 0.320 e. The van der Waals surface area contributed by atoms with Gasteiger partial charge in [-0.25, -0.2) is 0 Å². The van der Waals surface area contributed by atoms with Crippen LogP contribution >= 0.6 is 24.8 Å². The van der Waals surface area contributed by atoms with Crippen molar-refractivity contribution in [1.82, 2.24) is 5.32 Å². The molecule has 6 heteroatoms. The van der Waals surface area contributed by atoms with E-state index < -0.39 is 12.0 Å². The van der Waals surface area contributed by atoms with Crippen LogP contribution in [0.5, 0.6) is 0 Å². The van der Waals surface area contributed by atoms with E-state index >= 15 is 0 Å². The van der Waals surface area contributed by atoms with Gasteiger partial charge in [0.25, 0.3) is 0 Å². The second-order valence-electron chi connectivity index (χ2n) is 4.13. The zero-order valence-electron chi connectivity index (χ0n) is 9.61. The second kappa shape index (κ2) is 6.98. The molecule has 1 rings (SSSR count). The van der Waals surface area contributed by atoms with Crippen molar-refractivity contribution in [1.29, 1.82) is 0 Å². The lowest BCUT2D eigenvalue weighted by atomic mass is 10.1. The molecule has 0 radical (unpaired) electrons. The Morgan fingerprint density at radius 3 is 2.88 bits per heavy atom. The number of rotatable bonds is 7. The van der Waals surface area contributed by atoms with E-state index in [1.165, 1.54) is 0 Å². The molecule has 0 aliphatic heterocycles. The fourth-order valence-electron chi connectivity index (χ4n) is 1.86. The highest BCUT2D eigenvalue weighted by molar-refractivity contribution is 8.11. The summed E-state index contributed by atoms with van der Waals surface area (Å²) in [4.78, 5) is 10.5. The van der Waals surface area contributed by atoms with Crippen molar-refractivity contribution in [2.24, 2.45) is 5.73 Å². The van der Waals surface area contributed by atoms with Crippen molar-refractivity contribution in [3.05, 3.63) is 11.3 Å². The molecule has 0 aromatic carbocycles. The molecule has 0 aromatic heterocycles. The molecule has 0 saturated heterocycles. The maximum atomic E-state index is 10.5. The van der Waals surface area contributed by atoms with E-state index in [2.05, 4.69) is 17.9 Å². The molecule has 4 N–H and O–H groups in total. The molecular formula is C11H18N2O2S2. The van der Waals surface area contributed by atoms with Gasteiger partial charge in [0.15, 0.2) is 0 Å². The number of hydrogen-bond acceptors (Lipinski definition) is 4. The summed E-state index contributed by atoms with van der Waals surface area (Å²) in [5.41, 5.74) is 7.71. The first kappa shape index (κ1) is 14.5. The van der Waals surface area contributed by atoms with Crippen molar-refractivity contribution >= 4 is 35.0 Å². The molecule has 1 atom stereocenters. The Hall–Kier alpha value is -0.590. The summed E-state index contributed by atoms with van der Waals surface area (Å²) in [6.45, 7) is 0.732. The van der Waals surface area contributed by atoms with Crippen molar-refractivity contribution < 1.29 is 9.90 Å². The number of nitrogens with two attached hydrogens (primary N) is 1. The Morgan fingerprint density at radius 2 is 2.29 bits per heavy atom. The van der Waals surface area contributed by atoms with Crippen LogP contribution < -0.4 is 11.1 Å². The molecule has 0 amide bonds. The van der Waals surface area contributed by atoms with E-state index in [9.17, 15) is 4.79 Å². The van der Waals surface area contributed by atoms with Crippen LogP contribution in [0, 0.1) is 0 Å². The fourth-order valence-corrected chi connectivity index (χ4v) is 2.33. The summed E-state index contributed by atoms with van der Waals surface area (Å²) in [5, 5.41) is 11.9. The molecule has 0 bridgehead atoms. The highest BCUT2D eigenvalue weighted by atomic mass is 32.1. The summed E-state index contributed by atoms with van der Waals surface area (Å²) in [5.74, 6) is -0.942. The molecule has 0 saturated carbocycles. The summed E-state index contributed by atoms with van der Waals surface area (Å²) < 4.78 is 0.659. The van der Waals surface area contributed by atoms with Gasteiger partial charge in [-0.2, -0.15) is 0 Å². The number of carbonyl (C=O) groups is 1. The minimum Gasteiger partial charge on any atom is -0.480 e. The molecule has 17 heavy (non-hydrogen) atoms. The fraction of sp³-hybridized carbons (Fsp3) is 0.636. The number of nitrogens with one attached hydrogen (secondary N) is 1. The van der Waals surface area contributed by atoms with E-state index in [0.717, 1.165) is 43.5 Å². The third kappa shape index (κ3) is 4.65. The number of aliphatic carboxylic acids is 1. The van der Waals surface area contributed by atoms with Gasteiger partial charge in [0.05, 0.1) is 4.20 Å². The third-order valence-corrected chi connectivity index (χ3v) is 3.34. The van der Waals surface area contributed by atoms with Gasteiger partial charge >= 0.3 is 5.97 Å². The van der Waals surface area contributed by atoms with Gasteiger partial charge in [0.2, 0.25) is 0 Å². The largest absolute Gasteiger partial charge is 0.480 e. The summed E-state index contributed by atoms with van der Waals surface area (Å²) in [7, 11) is 0. The number of thiol groups is 1. The van der Waals surface area contributed by atoms with Crippen LogP contribution in [0.2, 0.25) is 0 Å². The Kier molecular flexibility index (Phi) is 5.94. The average Bonchev–Trinajstić information content (AvgIpc) is 2.72. The van der Waals surface area contributed by atoms with Gasteiger partial charge in [0, 0.05) is 12.2 Å². The van der Waals surface area contributed by atoms with E-state index in [-0.39, 0.29) is 0 Å². The predicted octanol–water partition coefficient (Wildman–Crippen LogP) is 1.46. The van der Waals surface area contributed by atoms with Crippen molar-refractivity contribution in [3.8, 4) is 0 Å². The van der Waals surface area contributed by atoms with E-state index in [4.69, 9.17) is 23.1 Å². The van der Waals surface area contributed by atoms with E-state index in [0.29, 0.717) is 10.6 Å². The van der Waals surface area contributed by atoms with Gasteiger partial charge in [-0.1, -0.05) is 12.2 Å². The van der Waals surface area contributed by atoms with Crippen LogP contribution in [-0.4, -0.2) is 27.9 Å². The Bertz CT molecular complexity index is 342. The zero-order valence-corrected chi connectivity index (χ0v) is 11.3. The zero-order chi connectivity index (χ0) is 12.8. The van der Waals surface area contributed by atoms with E-state index in [1.54, 1.807) is 0 Å². The molecule has 96 valence electrons. The first-order valence-electron chi connectivity index (χ1n) is 5.70. The van der Waals surface area contributed by atoms with Gasteiger partial charge in [-0.15, -0.1) is 12.6 Å². The van der Waals surface area contributed by atoms with Crippen molar-refractivity contribution in [2.45, 2.75) is 38.1 Å². The molecule has 0 heterocycles. The number of carboxylic acid groups (broad SMARTS) is 1. The molecule has 0 fully saturated rings. The van der Waals surface area contributed by atoms with Gasteiger partial charge < -0.3 is 16.2 Å². The molecular weight excluding hydrogens is 256 g/mol. The SMILES string of the molecule is NC(CCCNC1=C(C(=S)S)CCC1)C(=O)O. The average molecular weight is 274 g/mol. The lowest BCUT2D eigenvalue weighted by molar-refractivity contribution is -0.138. The minimum atomic E-state index is -0.942. The Morgan fingerprint density at radius 1 is 1.59 bits per heavy atom. The molecule has 1 aliphatic carbocycles. The lowest BCUT2D eigenvalue weighted by Crippen LogP contribution is -2.31. The summed E-state index contributed by atoms with van der Waals surface area (Å²) in [6.07, 6.45) is 4.31. The van der Waals surface area contributed by atoms with Crippen molar-refractivity contribution in [3.63, 3.8) is 0 Å². The van der Waals surface area contributed by atoms with Gasteiger partial charge in [-0.3, -0.25) is 4.79 Å². The standard InChI is InChI=1S/C11H18N2O2S2/c12-8(10(14)15)4-2-6-13-9-5-1-3-7(9)11(16)17/h8,13H,1-6,12H2,(H,14,15)(H,16,17). The lowest BCUT2D eigenvalue weighted by Gasteiger charge is -2.11. The summed E-state index contributed by atoms with van der Waals surface area (Å²) >= 11 is 9.25. The van der Waals surface area contributed by atoms with Crippen LogP contribution in [-0.2, 0) is 4.79 Å². The van der Waals surface area contributed by atoms with Crippen LogP contribution in [0.25, 0.3) is 0 Å². The van der Waals surface area contributed by atoms with Crippen LogP contribution in [0.4, 0.5) is 0 Å². The number of hydrogen-bond donors (Lipinski definition) is 4. The maximum absolute atomic E-state index is 10.5. The van der Waals surface area contributed by atoms with Crippen LogP contribution in [0.15, 0.2) is 11.3 Å². The quantitative estimate of drug-likeness (QED) is 0.321. The highest BCUT2D eigenvalue weighted by Crippen LogP contribution is 2.26. The molecule has 4 nitrogen and oxygen atoms in total. The first-order valence-corrected chi connectivity index (χ1v) is 6.55.